The monoisotopic (exact) mass is 347 g/mol. The molecule has 1 aliphatic heterocycles. The van der Waals surface area contributed by atoms with E-state index < -0.39 is 0 Å². The Hall–Kier alpha value is -1.43. The maximum atomic E-state index is 12.3. The Balaban J connectivity index is 1.95. The highest BCUT2D eigenvalue weighted by atomic mass is 16.5. The van der Waals surface area contributed by atoms with Gasteiger partial charge < -0.3 is 19.9 Å². The van der Waals surface area contributed by atoms with Gasteiger partial charge in [-0.15, -0.1) is 0 Å². The van der Waals surface area contributed by atoms with E-state index in [1.807, 2.05) is 18.2 Å². The van der Waals surface area contributed by atoms with Crippen molar-refractivity contribution in [2.24, 2.45) is 0 Å². The first-order valence-electron chi connectivity index (χ1n) is 9.32. The summed E-state index contributed by atoms with van der Waals surface area (Å²) in [4.78, 5) is 17.1. The van der Waals surface area contributed by atoms with Gasteiger partial charge in [0.2, 0.25) is 5.91 Å². The predicted molar refractivity (Wildman–Crippen MR) is 102 cm³/mol. The largest absolute Gasteiger partial charge is 0.385 e. The molecule has 2 rings (SSSR count). The number of likely N-dealkylation sites (N-methyl/N-ethyl adjacent to an activating group) is 1. The Labute approximate surface area is 152 Å². The Kier molecular flexibility index (Phi) is 8.38. The fraction of sp³-hybridized carbons (Fsp3) is 0.650. The number of nitrogens with zero attached hydrogens (tertiary/aromatic N) is 2. The van der Waals surface area contributed by atoms with Crippen molar-refractivity contribution >= 4 is 5.91 Å². The number of rotatable bonds is 9. The van der Waals surface area contributed by atoms with Crippen LogP contribution in [0.25, 0.3) is 0 Å². The minimum absolute atomic E-state index is 0.0286. The van der Waals surface area contributed by atoms with Crippen molar-refractivity contribution in [2.45, 2.75) is 37.8 Å². The minimum Gasteiger partial charge on any atom is -0.385 e. The molecule has 0 saturated carbocycles. The minimum atomic E-state index is 0.0286. The van der Waals surface area contributed by atoms with E-state index in [1.54, 1.807) is 7.11 Å². The lowest BCUT2D eigenvalue weighted by Crippen LogP contribution is -2.45. The van der Waals surface area contributed by atoms with Crippen LogP contribution in [0.15, 0.2) is 30.3 Å². The zero-order valence-corrected chi connectivity index (χ0v) is 15.9. The van der Waals surface area contributed by atoms with Crippen molar-refractivity contribution in [3.05, 3.63) is 35.9 Å². The SMILES string of the molecule is COCCCC(=O)N[C@@H](CN(C)C1CCN(C)CC1)c1ccccc1. The van der Waals surface area contributed by atoms with E-state index in [9.17, 15) is 4.79 Å². The van der Waals surface area contributed by atoms with E-state index in [0.717, 1.165) is 26.1 Å². The number of amides is 1. The van der Waals surface area contributed by atoms with Crippen molar-refractivity contribution < 1.29 is 9.53 Å². The number of hydrogen-bond acceptors (Lipinski definition) is 4. The maximum absolute atomic E-state index is 12.3. The highest BCUT2D eigenvalue weighted by Crippen LogP contribution is 2.19. The van der Waals surface area contributed by atoms with E-state index in [1.165, 1.54) is 18.4 Å². The molecular formula is C20H33N3O2. The summed E-state index contributed by atoms with van der Waals surface area (Å²) < 4.78 is 5.04. The molecule has 1 fully saturated rings. The maximum Gasteiger partial charge on any atom is 0.220 e. The average Bonchev–Trinajstić information content (AvgIpc) is 2.62. The molecule has 0 bridgehead atoms. The smallest absolute Gasteiger partial charge is 0.220 e. The van der Waals surface area contributed by atoms with E-state index >= 15 is 0 Å². The van der Waals surface area contributed by atoms with Crippen molar-refractivity contribution in [3.63, 3.8) is 0 Å². The molecule has 5 nitrogen and oxygen atoms in total. The van der Waals surface area contributed by atoms with Gasteiger partial charge in [0, 0.05) is 32.7 Å². The van der Waals surface area contributed by atoms with Crippen molar-refractivity contribution in [2.75, 3.05) is 47.4 Å². The molecule has 140 valence electrons. The Morgan fingerprint density at radius 3 is 2.64 bits per heavy atom. The highest BCUT2D eigenvalue weighted by Gasteiger charge is 2.24. The quantitative estimate of drug-likeness (QED) is 0.696. The number of likely N-dealkylation sites (tertiary alicyclic amines) is 1. The topological polar surface area (TPSA) is 44.8 Å². The summed E-state index contributed by atoms with van der Waals surface area (Å²) >= 11 is 0. The second-order valence-electron chi connectivity index (χ2n) is 7.10. The summed E-state index contributed by atoms with van der Waals surface area (Å²) in [5, 5.41) is 3.22. The number of carbonyl (C=O) groups excluding carboxylic acids is 1. The zero-order chi connectivity index (χ0) is 18.1. The van der Waals surface area contributed by atoms with Crippen LogP contribution in [-0.4, -0.2) is 69.2 Å². The standard InChI is InChI=1S/C20H33N3O2/c1-22-13-11-18(12-14-22)23(2)16-19(17-8-5-4-6-9-17)21-20(24)10-7-15-25-3/h4-6,8-9,18-19H,7,10-16H2,1-3H3,(H,21,24)/t19-/m0/s1. The molecule has 0 unspecified atom stereocenters. The van der Waals surface area contributed by atoms with Crippen molar-refractivity contribution in [1.29, 1.82) is 0 Å². The summed E-state index contributed by atoms with van der Waals surface area (Å²) in [7, 11) is 6.04. The van der Waals surface area contributed by atoms with Gasteiger partial charge in [-0.2, -0.15) is 0 Å². The van der Waals surface area contributed by atoms with Gasteiger partial charge in [-0.05, 0) is 52.0 Å². The molecule has 1 heterocycles. The zero-order valence-electron chi connectivity index (χ0n) is 15.9. The van der Waals surface area contributed by atoms with Gasteiger partial charge in [-0.3, -0.25) is 4.79 Å². The second kappa shape index (κ2) is 10.5. The fourth-order valence-electron chi connectivity index (χ4n) is 3.44. The Bertz CT molecular complexity index is 501. The molecule has 0 aromatic heterocycles. The highest BCUT2D eigenvalue weighted by molar-refractivity contribution is 5.76. The molecule has 1 N–H and O–H groups in total. The molecular weight excluding hydrogens is 314 g/mol. The number of hydrogen-bond donors (Lipinski definition) is 1. The van der Waals surface area contributed by atoms with E-state index in [4.69, 9.17) is 4.74 Å². The van der Waals surface area contributed by atoms with Gasteiger partial charge in [0.25, 0.3) is 0 Å². The molecule has 1 atom stereocenters. The third kappa shape index (κ3) is 6.77. The lowest BCUT2D eigenvalue weighted by molar-refractivity contribution is -0.122. The molecule has 1 saturated heterocycles. The van der Waals surface area contributed by atoms with Crippen molar-refractivity contribution in [1.82, 2.24) is 15.1 Å². The van der Waals surface area contributed by atoms with Crippen LogP contribution in [0.4, 0.5) is 0 Å². The molecule has 1 amide bonds. The number of carbonyl (C=O) groups is 1. The van der Waals surface area contributed by atoms with Crippen LogP contribution in [0.5, 0.6) is 0 Å². The van der Waals surface area contributed by atoms with E-state index in [-0.39, 0.29) is 11.9 Å². The first-order valence-corrected chi connectivity index (χ1v) is 9.32. The van der Waals surface area contributed by atoms with Crippen LogP contribution in [0.3, 0.4) is 0 Å². The lowest BCUT2D eigenvalue weighted by Gasteiger charge is -2.37. The van der Waals surface area contributed by atoms with Gasteiger partial charge in [-0.25, -0.2) is 0 Å². The number of benzene rings is 1. The molecule has 0 radical (unpaired) electrons. The summed E-state index contributed by atoms with van der Waals surface area (Å²) in [6.07, 6.45) is 3.65. The van der Waals surface area contributed by atoms with Crippen LogP contribution in [0.2, 0.25) is 0 Å². The van der Waals surface area contributed by atoms with Crippen LogP contribution in [0.1, 0.15) is 37.3 Å². The third-order valence-electron chi connectivity index (χ3n) is 5.07. The van der Waals surface area contributed by atoms with E-state index in [2.05, 4.69) is 41.3 Å². The molecule has 25 heavy (non-hydrogen) atoms. The Morgan fingerprint density at radius 2 is 2.00 bits per heavy atom. The lowest BCUT2D eigenvalue weighted by atomic mass is 10.0. The van der Waals surface area contributed by atoms with Crippen LogP contribution < -0.4 is 5.32 Å². The first kappa shape index (κ1) is 19.9. The number of methoxy groups -OCH3 is 1. The van der Waals surface area contributed by atoms with Crippen LogP contribution >= 0.6 is 0 Å². The summed E-state index contributed by atoms with van der Waals surface area (Å²) in [6, 6.07) is 10.9. The third-order valence-corrected chi connectivity index (χ3v) is 5.07. The summed E-state index contributed by atoms with van der Waals surface area (Å²) in [5.41, 5.74) is 1.17. The average molecular weight is 348 g/mol. The molecule has 1 aromatic rings. The molecule has 0 aliphatic carbocycles. The molecule has 1 aliphatic rings. The second-order valence-corrected chi connectivity index (χ2v) is 7.10. The fourth-order valence-corrected chi connectivity index (χ4v) is 3.44. The first-order chi connectivity index (χ1) is 12.1. The molecule has 0 spiro atoms. The normalized spacial score (nSPS) is 17.6. The molecule has 1 aromatic carbocycles. The van der Waals surface area contributed by atoms with Crippen LogP contribution in [-0.2, 0) is 9.53 Å². The van der Waals surface area contributed by atoms with E-state index in [0.29, 0.717) is 19.1 Å². The van der Waals surface area contributed by atoms with Gasteiger partial charge >= 0.3 is 0 Å². The van der Waals surface area contributed by atoms with Gasteiger partial charge in [0.1, 0.15) is 0 Å². The van der Waals surface area contributed by atoms with Crippen LogP contribution in [0, 0.1) is 0 Å². The van der Waals surface area contributed by atoms with Gasteiger partial charge in [0.05, 0.1) is 6.04 Å². The predicted octanol–water partition coefficient (Wildman–Crippen LogP) is 2.30. The summed E-state index contributed by atoms with van der Waals surface area (Å²) in [6.45, 7) is 3.76. The molecule has 5 heteroatoms. The number of ether oxygens (including phenoxy) is 1. The van der Waals surface area contributed by atoms with Crippen molar-refractivity contribution in [3.8, 4) is 0 Å². The number of piperidine rings is 1. The van der Waals surface area contributed by atoms with Gasteiger partial charge in [-0.1, -0.05) is 30.3 Å². The summed E-state index contributed by atoms with van der Waals surface area (Å²) in [5.74, 6) is 0.0997. The Morgan fingerprint density at radius 1 is 1.32 bits per heavy atom. The van der Waals surface area contributed by atoms with Gasteiger partial charge in [0.15, 0.2) is 0 Å². The number of nitrogens with one attached hydrogen (secondary N) is 1.